The predicted octanol–water partition coefficient (Wildman–Crippen LogP) is 6.47. The number of hydrogen-bond acceptors (Lipinski definition) is 0. The van der Waals surface area contributed by atoms with Crippen LogP contribution in [0.15, 0.2) is 16.6 Å². The molecule has 1 saturated carbocycles. The van der Waals surface area contributed by atoms with Crippen LogP contribution in [-0.4, -0.2) is 0 Å². The largest absolute Gasteiger partial charge is 0.0839 e. The van der Waals surface area contributed by atoms with Gasteiger partial charge in [0, 0.05) is 9.30 Å². The molecule has 1 aliphatic carbocycles. The lowest BCUT2D eigenvalue weighted by Gasteiger charge is -2.25. The summed E-state index contributed by atoms with van der Waals surface area (Å²) < 4.78 is 1.22. The second kappa shape index (κ2) is 6.56. The number of alkyl halides is 1. The van der Waals surface area contributed by atoms with Gasteiger partial charge in [0.25, 0.3) is 0 Å². The van der Waals surface area contributed by atoms with Gasteiger partial charge in [0.05, 0.1) is 0 Å². The van der Waals surface area contributed by atoms with Crippen molar-refractivity contribution in [2.45, 2.75) is 57.2 Å². The van der Waals surface area contributed by atoms with Crippen LogP contribution in [0.5, 0.6) is 0 Å². The summed E-state index contributed by atoms with van der Waals surface area (Å²) in [6.45, 7) is 4.39. The zero-order valence-electron chi connectivity index (χ0n) is 11.3. The topological polar surface area (TPSA) is 0 Å². The minimum atomic E-state index is 0.521. The van der Waals surface area contributed by atoms with Crippen LogP contribution >= 0.6 is 31.9 Å². The number of hydrogen-bond donors (Lipinski definition) is 0. The van der Waals surface area contributed by atoms with Crippen LogP contribution in [0.4, 0.5) is 0 Å². The van der Waals surface area contributed by atoms with Crippen LogP contribution in [0.25, 0.3) is 0 Å². The van der Waals surface area contributed by atoms with Crippen LogP contribution in [-0.2, 0) is 0 Å². The first-order chi connectivity index (χ1) is 8.58. The first kappa shape index (κ1) is 14.6. The van der Waals surface area contributed by atoms with Crippen LogP contribution in [0.3, 0.4) is 0 Å². The molecule has 0 saturated heterocycles. The van der Waals surface area contributed by atoms with E-state index in [0.29, 0.717) is 4.83 Å². The van der Waals surface area contributed by atoms with Gasteiger partial charge in [-0.15, -0.1) is 0 Å². The second-order valence-corrected chi connectivity index (χ2v) is 7.62. The van der Waals surface area contributed by atoms with Gasteiger partial charge in [0.1, 0.15) is 0 Å². The average molecular weight is 374 g/mol. The standard InChI is InChI=1S/C16H22Br2/c1-11-9-15(17)12(2)8-14(11)16(18)10-13-6-4-3-5-7-13/h8-9,13,16H,3-7,10H2,1-2H3. The van der Waals surface area contributed by atoms with Crippen LogP contribution in [0, 0.1) is 19.8 Å². The van der Waals surface area contributed by atoms with Crippen molar-refractivity contribution in [1.29, 1.82) is 0 Å². The van der Waals surface area contributed by atoms with E-state index in [1.54, 1.807) is 0 Å². The third kappa shape index (κ3) is 3.60. The summed E-state index contributed by atoms with van der Waals surface area (Å²) >= 11 is 7.53. The first-order valence-corrected chi connectivity index (χ1v) is 8.69. The van der Waals surface area contributed by atoms with Crippen molar-refractivity contribution < 1.29 is 0 Å². The monoisotopic (exact) mass is 372 g/mol. The van der Waals surface area contributed by atoms with E-state index in [1.807, 2.05) is 0 Å². The Labute approximate surface area is 128 Å². The van der Waals surface area contributed by atoms with Gasteiger partial charge in [-0.3, -0.25) is 0 Å². The molecule has 0 radical (unpaired) electrons. The lowest BCUT2D eigenvalue weighted by molar-refractivity contribution is 0.338. The molecule has 0 heterocycles. The van der Waals surface area contributed by atoms with E-state index in [4.69, 9.17) is 0 Å². The normalized spacial score (nSPS) is 18.9. The molecule has 18 heavy (non-hydrogen) atoms. The molecule has 0 aromatic heterocycles. The van der Waals surface area contributed by atoms with Crippen molar-refractivity contribution in [2.24, 2.45) is 5.92 Å². The van der Waals surface area contributed by atoms with Crippen LogP contribution < -0.4 is 0 Å². The Morgan fingerprint density at radius 1 is 1.11 bits per heavy atom. The van der Waals surface area contributed by atoms with Gasteiger partial charge in [-0.25, -0.2) is 0 Å². The SMILES string of the molecule is Cc1cc(C(Br)CC2CCCCC2)c(C)cc1Br. The van der Waals surface area contributed by atoms with Crippen LogP contribution in [0.1, 0.15) is 60.0 Å². The molecule has 1 atom stereocenters. The molecule has 1 unspecified atom stereocenters. The second-order valence-electron chi connectivity index (χ2n) is 5.67. The van der Waals surface area contributed by atoms with E-state index in [2.05, 4.69) is 57.8 Å². The maximum absolute atomic E-state index is 3.92. The molecule has 1 fully saturated rings. The Kier molecular flexibility index (Phi) is 5.32. The lowest BCUT2D eigenvalue weighted by atomic mass is 9.84. The average Bonchev–Trinajstić information content (AvgIpc) is 2.35. The maximum atomic E-state index is 3.92. The van der Waals surface area contributed by atoms with Gasteiger partial charge in [-0.2, -0.15) is 0 Å². The fourth-order valence-electron chi connectivity index (χ4n) is 2.98. The van der Waals surface area contributed by atoms with Crippen molar-refractivity contribution in [1.82, 2.24) is 0 Å². The van der Waals surface area contributed by atoms with Gasteiger partial charge >= 0.3 is 0 Å². The first-order valence-electron chi connectivity index (χ1n) is 6.98. The van der Waals surface area contributed by atoms with Crippen molar-refractivity contribution in [3.63, 3.8) is 0 Å². The minimum Gasteiger partial charge on any atom is -0.0839 e. The number of benzene rings is 1. The highest BCUT2D eigenvalue weighted by Gasteiger charge is 2.19. The summed E-state index contributed by atoms with van der Waals surface area (Å²) in [5.41, 5.74) is 4.20. The summed E-state index contributed by atoms with van der Waals surface area (Å²) in [6.07, 6.45) is 8.46. The lowest BCUT2D eigenvalue weighted by Crippen LogP contribution is -2.09. The van der Waals surface area contributed by atoms with E-state index in [9.17, 15) is 0 Å². The number of aryl methyl sites for hydroxylation is 2. The van der Waals surface area contributed by atoms with Crippen molar-refractivity contribution in [3.05, 3.63) is 33.3 Å². The van der Waals surface area contributed by atoms with Gasteiger partial charge in [0.15, 0.2) is 0 Å². The third-order valence-electron chi connectivity index (χ3n) is 4.15. The van der Waals surface area contributed by atoms with Gasteiger partial charge < -0.3 is 0 Å². The van der Waals surface area contributed by atoms with E-state index >= 15 is 0 Å². The number of halogens is 2. The molecule has 2 rings (SSSR count). The molecule has 1 aromatic rings. The summed E-state index contributed by atoms with van der Waals surface area (Å²) in [6, 6.07) is 4.58. The quantitative estimate of drug-likeness (QED) is 0.532. The van der Waals surface area contributed by atoms with E-state index in [1.165, 1.54) is 59.7 Å². The molecule has 0 amide bonds. The fourth-order valence-corrected chi connectivity index (χ4v) is 4.46. The summed E-state index contributed by atoms with van der Waals surface area (Å²) in [7, 11) is 0. The van der Waals surface area contributed by atoms with Gasteiger partial charge in [0.2, 0.25) is 0 Å². The fraction of sp³-hybridized carbons (Fsp3) is 0.625. The van der Waals surface area contributed by atoms with E-state index in [-0.39, 0.29) is 0 Å². The molecule has 2 heteroatoms. The molecule has 1 aromatic carbocycles. The van der Waals surface area contributed by atoms with Crippen molar-refractivity contribution in [2.75, 3.05) is 0 Å². The highest BCUT2D eigenvalue weighted by atomic mass is 79.9. The van der Waals surface area contributed by atoms with Crippen molar-refractivity contribution >= 4 is 31.9 Å². The molecular weight excluding hydrogens is 352 g/mol. The Bertz CT molecular complexity index is 406. The maximum Gasteiger partial charge on any atom is 0.0400 e. The molecular formula is C16H22Br2. The molecule has 0 N–H and O–H groups in total. The van der Waals surface area contributed by atoms with Gasteiger partial charge in [-0.05, 0) is 48.9 Å². The Hall–Kier alpha value is 0.180. The summed E-state index contributed by atoms with van der Waals surface area (Å²) in [4.78, 5) is 0.521. The van der Waals surface area contributed by atoms with Crippen LogP contribution in [0.2, 0.25) is 0 Å². The smallest absolute Gasteiger partial charge is 0.0400 e. The van der Waals surface area contributed by atoms with Crippen molar-refractivity contribution in [3.8, 4) is 0 Å². The minimum absolute atomic E-state index is 0.521. The number of rotatable bonds is 3. The molecule has 100 valence electrons. The molecule has 0 nitrogen and oxygen atoms in total. The highest BCUT2D eigenvalue weighted by molar-refractivity contribution is 9.10. The molecule has 0 spiro atoms. The zero-order chi connectivity index (χ0) is 13.1. The molecule has 1 aliphatic rings. The Morgan fingerprint density at radius 3 is 2.44 bits per heavy atom. The van der Waals surface area contributed by atoms with E-state index < -0.39 is 0 Å². The van der Waals surface area contributed by atoms with Gasteiger partial charge in [-0.1, -0.05) is 70.0 Å². The Balaban J connectivity index is 2.08. The molecule has 0 bridgehead atoms. The Morgan fingerprint density at radius 2 is 1.78 bits per heavy atom. The third-order valence-corrected chi connectivity index (χ3v) is 5.87. The zero-order valence-corrected chi connectivity index (χ0v) is 14.5. The molecule has 0 aliphatic heterocycles. The summed E-state index contributed by atoms with van der Waals surface area (Å²) in [5.74, 6) is 0.923. The van der Waals surface area contributed by atoms with E-state index in [0.717, 1.165) is 5.92 Å². The summed E-state index contributed by atoms with van der Waals surface area (Å²) in [5, 5.41) is 0. The predicted molar refractivity (Wildman–Crippen MR) is 86.5 cm³/mol. The highest BCUT2D eigenvalue weighted by Crippen LogP contribution is 2.38.